The maximum absolute atomic E-state index is 12.8. The van der Waals surface area contributed by atoms with Crippen molar-refractivity contribution in [2.75, 3.05) is 4.90 Å². The van der Waals surface area contributed by atoms with E-state index in [2.05, 4.69) is 0 Å². The van der Waals surface area contributed by atoms with Crippen molar-refractivity contribution in [1.29, 1.82) is 0 Å². The Morgan fingerprint density at radius 1 is 0.700 bits per heavy atom. The van der Waals surface area contributed by atoms with Crippen molar-refractivity contribution in [3.05, 3.63) is 91.0 Å². The normalized spacial score (nSPS) is 20.3. The number of hydrogen-bond donors (Lipinski definition) is 0. The molecule has 0 unspecified atom stereocenters. The molecule has 148 valence electrons. The standard InChI is InChI=1S/C26H21NO3/c28-25-22-11-4-5-12-23(22)26(29)27(25)19-14-16-20(17-15-19)30-24-13-7-6-10-21(24)18-8-2-1-3-9-18/h1-10,13-17,22-23H,11-12H2/t22-,23+. The van der Waals surface area contributed by atoms with Gasteiger partial charge in [-0.3, -0.25) is 14.5 Å². The van der Waals surface area contributed by atoms with Gasteiger partial charge in [-0.2, -0.15) is 0 Å². The summed E-state index contributed by atoms with van der Waals surface area (Å²) < 4.78 is 6.13. The second kappa shape index (κ2) is 7.64. The van der Waals surface area contributed by atoms with Crippen LogP contribution in [0, 0.1) is 11.8 Å². The first-order valence-electron chi connectivity index (χ1n) is 10.2. The second-order valence-electron chi connectivity index (χ2n) is 7.63. The number of carbonyl (C=O) groups excluding carboxylic acids is 2. The molecule has 1 aliphatic heterocycles. The summed E-state index contributed by atoms with van der Waals surface area (Å²) in [6.07, 6.45) is 5.28. The van der Waals surface area contributed by atoms with Crippen LogP contribution in [0.2, 0.25) is 0 Å². The van der Waals surface area contributed by atoms with Crippen LogP contribution in [0.4, 0.5) is 5.69 Å². The highest BCUT2D eigenvalue weighted by Crippen LogP contribution is 2.39. The Morgan fingerprint density at radius 2 is 1.30 bits per heavy atom. The second-order valence-corrected chi connectivity index (χ2v) is 7.63. The number of imide groups is 1. The zero-order valence-electron chi connectivity index (χ0n) is 16.4. The summed E-state index contributed by atoms with van der Waals surface area (Å²) in [5.74, 6) is 0.754. The molecule has 1 fully saturated rings. The van der Waals surface area contributed by atoms with Gasteiger partial charge in [0.05, 0.1) is 17.5 Å². The van der Waals surface area contributed by atoms with E-state index in [1.54, 1.807) is 24.3 Å². The lowest BCUT2D eigenvalue weighted by atomic mass is 9.85. The summed E-state index contributed by atoms with van der Waals surface area (Å²) in [7, 11) is 0. The number of ether oxygens (including phenoxy) is 1. The number of carbonyl (C=O) groups is 2. The van der Waals surface area contributed by atoms with Crippen molar-refractivity contribution in [1.82, 2.24) is 0 Å². The van der Waals surface area contributed by atoms with Gasteiger partial charge in [0.25, 0.3) is 0 Å². The van der Waals surface area contributed by atoms with Gasteiger partial charge in [0, 0.05) is 5.56 Å². The van der Waals surface area contributed by atoms with Gasteiger partial charge in [0.1, 0.15) is 11.5 Å². The van der Waals surface area contributed by atoms with E-state index in [0.717, 1.165) is 16.9 Å². The van der Waals surface area contributed by atoms with Crippen LogP contribution < -0.4 is 9.64 Å². The van der Waals surface area contributed by atoms with E-state index in [1.165, 1.54) is 4.90 Å². The maximum atomic E-state index is 12.8. The SMILES string of the molecule is O=C1[C@H]2CC=CC[C@H]2C(=O)N1c1ccc(Oc2ccccc2-c2ccccc2)cc1. The Balaban J connectivity index is 1.38. The van der Waals surface area contributed by atoms with Crippen LogP contribution in [-0.2, 0) is 9.59 Å². The fourth-order valence-corrected chi connectivity index (χ4v) is 4.26. The van der Waals surface area contributed by atoms with Gasteiger partial charge in [0.15, 0.2) is 0 Å². The van der Waals surface area contributed by atoms with Crippen LogP contribution in [0.15, 0.2) is 91.0 Å². The van der Waals surface area contributed by atoms with Gasteiger partial charge in [-0.15, -0.1) is 0 Å². The molecule has 2 amide bonds. The van der Waals surface area contributed by atoms with E-state index in [4.69, 9.17) is 4.74 Å². The minimum absolute atomic E-state index is 0.0996. The summed E-state index contributed by atoms with van der Waals surface area (Å²) in [5, 5.41) is 0. The number of hydrogen-bond acceptors (Lipinski definition) is 3. The molecule has 3 aromatic carbocycles. The highest BCUT2D eigenvalue weighted by Gasteiger charge is 2.47. The van der Waals surface area contributed by atoms with E-state index in [0.29, 0.717) is 24.3 Å². The number of anilines is 1. The molecule has 2 aliphatic rings. The Morgan fingerprint density at radius 3 is 1.97 bits per heavy atom. The Hall–Kier alpha value is -3.66. The predicted octanol–water partition coefficient (Wildman–Crippen LogP) is 5.60. The first-order valence-corrected chi connectivity index (χ1v) is 10.2. The van der Waals surface area contributed by atoms with Crippen LogP contribution >= 0.6 is 0 Å². The summed E-state index contributed by atoms with van der Waals surface area (Å²) >= 11 is 0. The third-order valence-electron chi connectivity index (χ3n) is 5.80. The quantitative estimate of drug-likeness (QED) is 0.427. The molecule has 30 heavy (non-hydrogen) atoms. The zero-order valence-corrected chi connectivity index (χ0v) is 16.4. The monoisotopic (exact) mass is 395 g/mol. The zero-order chi connectivity index (χ0) is 20.5. The van der Waals surface area contributed by atoms with Crippen LogP contribution in [0.1, 0.15) is 12.8 Å². The summed E-state index contributed by atoms with van der Waals surface area (Å²) in [6.45, 7) is 0. The average molecular weight is 395 g/mol. The molecule has 0 bridgehead atoms. The molecular formula is C26H21NO3. The molecule has 0 saturated carbocycles. The van der Waals surface area contributed by atoms with Crippen LogP contribution in [-0.4, -0.2) is 11.8 Å². The fraction of sp³-hybridized carbons (Fsp3) is 0.154. The summed E-state index contributed by atoms with van der Waals surface area (Å²) in [5.41, 5.74) is 2.68. The number of rotatable bonds is 4. The minimum atomic E-state index is -0.226. The molecule has 0 spiro atoms. The van der Waals surface area contributed by atoms with Crippen molar-refractivity contribution >= 4 is 17.5 Å². The number of fused-ring (bicyclic) bond motifs is 1. The number of amides is 2. The van der Waals surface area contributed by atoms with Gasteiger partial charge < -0.3 is 4.74 Å². The Labute approximate surface area is 175 Å². The van der Waals surface area contributed by atoms with Gasteiger partial charge in [-0.25, -0.2) is 0 Å². The van der Waals surface area contributed by atoms with E-state index < -0.39 is 0 Å². The number of para-hydroxylation sites is 1. The largest absolute Gasteiger partial charge is 0.457 e. The Bertz CT molecular complexity index is 1090. The predicted molar refractivity (Wildman–Crippen MR) is 116 cm³/mol. The van der Waals surface area contributed by atoms with Gasteiger partial charge in [-0.05, 0) is 48.7 Å². The molecule has 0 N–H and O–H groups in total. The third kappa shape index (κ3) is 3.20. The van der Waals surface area contributed by atoms with E-state index in [1.807, 2.05) is 66.7 Å². The first kappa shape index (κ1) is 18.4. The van der Waals surface area contributed by atoms with Gasteiger partial charge in [0.2, 0.25) is 11.8 Å². The molecule has 1 heterocycles. The number of benzene rings is 3. The Kier molecular flexibility index (Phi) is 4.68. The molecule has 3 aromatic rings. The topological polar surface area (TPSA) is 46.6 Å². The number of allylic oxidation sites excluding steroid dienone is 2. The first-order chi connectivity index (χ1) is 14.7. The minimum Gasteiger partial charge on any atom is -0.457 e. The molecule has 4 heteroatoms. The van der Waals surface area contributed by atoms with Crippen LogP contribution in [0.25, 0.3) is 11.1 Å². The van der Waals surface area contributed by atoms with Crippen LogP contribution in [0.3, 0.4) is 0 Å². The highest BCUT2D eigenvalue weighted by molar-refractivity contribution is 6.22. The summed E-state index contributed by atoms with van der Waals surface area (Å²) in [4.78, 5) is 26.9. The van der Waals surface area contributed by atoms with Crippen molar-refractivity contribution in [2.45, 2.75) is 12.8 Å². The van der Waals surface area contributed by atoms with Crippen molar-refractivity contribution in [3.63, 3.8) is 0 Å². The average Bonchev–Trinajstić information content (AvgIpc) is 3.06. The van der Waals surface area contributed by atoms with Crippen molar-refractivity contribution in [3.8, 4) is 22.6 Å². The smallest absolute Gasteiger partial charge is 0.238 e. The van der Waals surface area contributed by atoms with E-state index in [9.17, 15) is 9.59 Å². The van der Waals surface area contributed by atoms with Crippen molar-refractivity contribution in [2.24, 2.45) is 11.8 Å². The molecule has 2 atom stereocenters. The lowest BCUT2D eigenvalue weighted by molar-refractivity contribution is -0.122. The van der Waals surface area contributed by atoms with E-state index >= 15 is 0 Å². The molecule has 1 aliphatic carbocycles. The maximum Gasteiger partial charge on any atom is 0.238 e. The van der Waals surface area contributed by atoms with Crippen LogP contribution in [0.5, 0.6) is 11.5 Å². The third-order valence-corrected chi connectivity index (χ3v) is 5.80. The molecule has 0 radical (unpaired) electrons. The van der Waals surface area contributed by atoms with E-state index in [-0.39, 0.29) is 23.7 Å². The van der Waals surface area contributed by atoms with Gasteiger partial charge >= 0.3 is 0 Å². The summed E-state index contributed by atoms with van der Waals surface area (Å²) in [6, 6.07) is 25.1. The molecule has 1 saturated heterocycles. The lowest BCUT2D eigenvalue weighted by Crippen LogP contribution is -2.30. The lowest BCUT2D eigenvalue weighted by Gasteiger charge is -2.16. The van der Waals surface area contributed by atoms with Gasteiger partial charge in [-0.1, -0.05) is 60.7 Å². The molecular weight excluding hydrogens is 374 g/mol. The molecule has 0 aromatic heterocycles. The molecule has 4 nitrogen and oxygen atoms in total. The number of nitrogens with zero attached hydrogens (tertiary/aromatic N) is 1. The fourth-order valence-electron chi connectivity index (χ4n) is 4.26. The highest BCUT2D eigenvalue weighted by atomic mass is 16.5. The molecule has 5 rings (SSSR count). The van der Waals surface area contributed by atoms with Crippen molar-refractivity contribution < 1.29 is 14.3 Å².